The number of carbonyl (C=O) groups excluding carboxylic acids is 1. The minimum absolute atomic E-state index is 0.0923. The van der Waals surface area contributed by atoms with Gasteiger partial charge in [-0.1, -0.05) is 12.1 Å². The molecule has 17 heavy (non-hydrogen) atoms. The fourth-order valence-corrected chi connectivity index (χ4v) is 1.52. The number of carbonyl (C=O) groups is 1. The molecule has 0 radical (unpaired) electrons. The molecule has 1 saturated carbocycles. The molecular weight excluding hydrogens is 214 g/mol. The molecule has 1 aliphatic carbocycles. The normalized spacial score (nSPS) is 14.8. The molecule has 1 aromatic rings. The molecule has 0 aliphatic heterocycles. The molecule has 1 aromatic carbocycles. The molecule has 0 spiro atoms. The second kappa shape index (κ2) is 4.82. The summed E-state index contributed by atoms with van der Waals surface area (Å²) in [6, 6.07) is 7.19. The van der Waals surface area contributed by atoms with E-state index in [2.05, 4.69) is 5.32 Å². The van der Waals surface area contributed by atoms with Crippen molar-refractivity contribution in [3.63, 3.8) is 0 Å². The van der Waals surface area contributed by atoms with Crippen LogP contribution in [0, 0.1) is 11.3 Å². The maximum Gasteiger partial charge on any atom is 0.227 e. The molecule has 1 aliphatic rings. The maximum atomic E-state index is 11.5. The van der Waals surface area contributed by atoms with E-state index in [0.717, 1.165) is 24.1 Å². The topological polar surface area (TPSA) is 79.0 Å². The highest BCUT2D eigenvalue weighted by atomic mass is 16.2. The molecule has 2 rings (SSSR count). The Balaban J connectivity index is 2.01. The number of benzene rings is 1. The zero-order valence-corrected chi connectivity index (χ0v) is 9.44. The monoisotopic (exact) mass is 229 g/mol. The molecular formula is C13H15N3O. The van der Waals surface area contributed by atoms with Gasteiger partial charge in [0, 0.05) is 11.6 Å². The van der Waals surface area contributed by atoms with Gasteiger partial charge in [-0.15, -0.1) is 0 Å². The first-order valence-corrected chi connectivity index (χ1v) is 5.59. The van der Waals surface area contributed by atoms with Crippen LogP contribution in [0.4, 0.5) is 5.69 Å². The smallest absolute Gasteiger partial charge is 0.227 e. The second-order valence-corrected chi connectivity index (χ2v) is 4.11. The van der Waals surface area contributed by atoms with Crippen molar-refractivity contribution in [1.29, 1.82) is 5.41 Å². The Morgan fingerprint density at radius 1 is 1.35 bits per heavy atom. The largest absolute Gasteiger partial charge is 0.405 e. The van der Waals surface area contributed by atoms with Crippen LogP contribution < -0.4 is 11.1 Å². The average molecular weight is 229 g/mol. The van der Waals surface area contributed by atoms with E-state index in [1.165, 1.54) is 12.3 Å². The number of hydrogen-bond donors (Lipinski definition) is 3. The fraction of sp³-hybridized carbons (Fsp3) is 0.231. The summed E-state index contributed by atoms with van der Waals surface area (Å²) in [6.45, 7) is 0. The number of nitrogens with two attached hydrogens (primary N) is 1. The van der Waals surface area contributed by atoms with Gasteiger partial charge in [-0.25, -0.2) is 0 Å². The molecule has 88 valence electrons. The summed E-state index contributed by atoms with van der Waals surface area (Å²) in [7, 11) is 0. The van der Waals surface area contributed by atoms with Gasteiger partial charge in [0.05, 0.1) is 5.71 Å². The first kappa shape index (κ1) is 11.4. The van der Waals surface area contributed by atoms with Crippen LogP contribution in [0.2, 0.25) is 0 Å². The minimum Gasteiger partial charge on any atom is -0.405 e. The first-order chi connectivity index (χ1) is 8.20. The lowest BCUT2D eigenvalue weighted by atomic mass is 10.1. The third-order valence-electron chi connectivity index (χ3n) is 2.67. The zero-order chi connectivity index (χ0) is 12.3. The maximum absolute atomic E-state index is 11.5. The van der Waals surface area contributed by atoms with Crippen LogP contribution in [0.1, 0.15) is 18.4 Å². The van der Waals surface area contributed by atoms with Gasteiger partial charge in [-0.2, -0.15) is 0 Å². The fourth-order valence-electron chi connectivity index (χ4n) is 1.52. The van der Waals surface area contributed by atoms with Crippen LogP contribution >= 0.6 is 0 Å². The predicted octanol–water partition coefficient (Wildman–Crippen LogP) is 1.88. The van der Waals surface area contributed by atoms with Crippen molar-refractivity contribution >= 4 is 17.3 Å². The highest BCUT2D eigenvalue weighted by Gasteiger charge is 2.29. The van der Waals surface area contributed by atoms with E-state index in [1.54, 1.807) is 24.3 Å². The van der Waals surface area contributed by atoms with E-state index >= 15 is 0 Å². The Morgan fingerprint density at radius 2 is 2.00 bits per heavy atom. The third kappa shape index (κ3) is 2.93. The molecule has 4 N–H and O–H groups in total. The Labute approximate surface area is 100 Å². The lowest BCUT2D eigenvalue weighted by Gasteiger charge is -2.05. The average Bonchev–Trinajstić information content (AvgIpc) is 3.14. The van der Waals surface area contributed by atoms with Crippen LogP contribution in [0.15, 0.2) is 36.5 Å². The van der Waals surface area contributed by atoms with Gasteiger partial charge in [-0.05, 0) is 42.8 Å². The second-order valence-electron chi connectivity index (χ2n) is 4.11. The van der Waals surface area contributed by atoms with Crippen LogP contribution in [0.25, 0.3) is 0 Å². The van der Waals surface area contributed by atoms with Crippen molar-refractivity contribution in [2.24, 2.45) is 11.7 Å². The molecule has 0 heterocycles. The number of rotatable bonds is 4. The third-order valence-corrected chi connectivity index (χ3v) is 2.67. The number of amides is 1. The number of hydrogen-bond acceptors (Lipinski definition) is 3. The molecule has 4 heteroatoms. The molecule has 1 amide bonds. The Morgan fingerprint density at radius 3 is 2.53 bits per heavy atom. The van der Waals surface area contributed by atoms with Gasteiger partial charge in [-0.3, -0.25) is 4.79 Å². The van der Waals surface area contributed by atoms with Gasteiger partial charge >= 0.3 is 0 Å². The SMILES string of the molecule is N=C(C=CN)c1ccc(NC(=O)C2CC2)cc1. The molecule has 0 atom stereocenters. The van der Waals surface area contributed by atoms with E-state index in [9.17, 15) is 4.79 Å². The minimum atomic E-state index is 0.0923. The number of allylic oxidation sites excluding steroid dienone is 1. The van der Waals surface area contributed by atoms with Crippen molar-refractivity contribution in [3.05, 3.63) is 42.1 Å². The highest BCUT2D eigenvalue weighted by Crippen LogP contribution is 2.30. The van der Waals surface area contributed by atoms with Crippen LogP contribution in [-0.4, -0.2) is 11.6 Å². The summed E-state index contributed by atoms with van der Waals surface area (Å²) in [5.74, 6) is 0.294. The van der Waals surface area contributed by atoms with E-state index in [-0.39, 0.29) is 11.8 Å². The summed E-state index contributed by atoms with van der Waals surface area (Å²) >= 11 is 0. The van der Waals surface area contributed by atoms with Gasteiger partial charge < -0.3 is 16.5 Å². The lowest BCUT2D eigenvalue weighted by Crippen LogP contribution is -2.13. The summed E-state index contributed by atoms with van der Waals surface area (Å²) in [6.07, 6.45) is 4.86. The van der Waals surface area contributed by atoms with Crippen molar-refractivity contribution in [2.45, 2.75) is 12.8 Å². The molecule has 1 fully saturated rings. The van der Waals surface area contributed by atoms with Gasteiger partial charge in [0.2, 0.25) is 5.91 Å². The van der Waals surface area contributed by atoms with Crippen LogP contribution in [0.5, 0.6) is 0 Å². The van der Waals surface area contributed by atoms with Gasteiger partial charge in [0.1, 0.15) is 0 Å². The van der Waals surface area contributed by atoms with Crippen LogP contribution in [0.3, 0.4) is 0 Å². The summed E-state index contributed by atoms with van der Waals surface area (Å²) < 4.78 is 0. The molecule has 0 aromatic heterocycles. The summed E-state index contributed by atoms with van der Waals surface area (Å²) in [5.41, 5.74) is 7.13. The van der Waals surface area contributed by atoms with Crippen molar-refractivity contribution in [1.82, 2.24) is 0 Å². The Bertz CT molecular complexity index is 458. The lowest BCUT2D eigenvalue weighted by molar-refractivity contribution is -0.117. The summed E-state index contributed by atoms with van der Waals surface area (Å²) in [5, 5.41) is 10.5. The molecule has 0 unspecified atom stereocenters. The standard InChI is InChI=1S/C13H15N3O/c14-8-7-12(15)9-3-5-11(6-4-9)16-13(17)10-1-2-10/h3-8,10,15H,1-2,14H2,(H,16,17). The summed E-state index contributed by atoms with van der Waals surface area (Å²) in [4.78, 5) is 11.5. The number of anilines is 1. The van der Waals surface area contributed by atoms with E-state index in [0.29, 0.717) is 5.71 Å². The van der Waals surface area contributed by atoms with Crippen LogP contribution in [-0.2, 0) is 4.79 Å². The zero-order valence-electron chi connectivity index (χ0n) is 9.44. The van der Waals surface area contributed by atoms with E-state index in [4.69, 9.17) is 11.1 Å². The van der Waals surface area contributed by atoms with Crippen molar-refractivity contribution in [3.8, 4) is 0 Å². The highest BCUT2D eigenvalue weighted by molar-refractivity contribution is 6.06. The van der Waals surface area contributed by atoms with E-state index in [1.807, 2.05) is 0 Å². The van der Waals surface area contributed by atoms with Crippen molar-refractivity contribution < 1.29 is 4.79 Å². The first-order valence-electron chi connectivity index (χ1n) is 5.59. The Kier molecular flexibility index (Phi) is 3.23. The Hall–Kier alpha value is -2.10. The molecule has 0 bridgehead atoms. The van der Waals surface area contributed by atoms with Crippen molar-refractivity contribution in [2.75, 3.05) is 5.32 Å². The van der Waals surface area contributed by atoms with Gasteiger partial charge in [0.25, 0.3) is 0 Å². The van der Waals surface area contributed by atoms with Gasteiger partial charge in [0.15, 0.2) is 0 Å². The number of nitrogens with one attached hydrogen (secondary N) is 2. The quantitative estimate of drug-likeness (QED) is 0.689. The molecule has 4 nitrogen and oxygen atoms in total. The molecule has 0 saturated heterocycles. The van der Waals surface area contributed by atoms with E-state index < -0.39 is 0 Å². The predicted molar refractivity (Wildman–Crippen MR) is 68.0 cm³/mol.